The van der Waals surface area contributed by atoms with E-state index in [1.807, 2.05) is 0 Å². The summed E-state index contributed by atoms with van der Waals surface area (Å²) in [6.07, 6.45) is 0. The van der Waals surface area contributed by atoms with Crippen LogP contribution in [-0.4, -0.2) is 37.9 Å². The summed E-state index contributed by atoms with van der Waals surface area (Å²) in [7, 11) is 2.41. The maximum atomic E-state index is 14.2. The number of ether oxygens (including phenoxy) is 2. The molecular formula is C18H16F4N2O4. The zero-order chi connectivity index (χ0) is 20.9. The Balaban J connectivity index is 2.23. The van der Waals surface area contributed by atoms with E-state index in [0.717, 1.165) is 0 Å². The first-order valence-electron chi connectivity index (χ1n) is 7.79. The Bertz CT molecular complexity index is 803. The third-order valence-electron chi connectivity index (χ3n) is 3.68. The summed E-state index contributed by atoms with van der Waals surface area (Å²) in [5.74, 6) is -15.5. The highest BCUT2D eigenvalue weighted by atomic mass is 19.3. The lowest BCUT2D eigenvalue weighted by molar-refractivity contribution is -0.204. The second-order valence-corrected chi connectivity index (χ2v) is 5.46. The fraction of sp³-hybridized carbons (Fsp3) is 0.222. The molecule has 0 heterocycles. The van der Waals surface area contributed by atoms with Gasteiger partial charge in [-0.3, -0.25) is 9.59 Å². The second kappa shape index (κ2) is 8.15. The number of nitrogens with one attached hydrogen (secondary N) is 2. The molecule has 150 valence electrons. The van der Waals surface area contributed by atoms with Gasteiger partial charge in [0.15, 0.2) is 0 Å². The maximum absolute atomic E-state index is 14.2. The van der Waals surface area contributed by atoms with Crippen molar-refractivity contribution in [1.82, 2.24) is 0 Å². The minimum atomic E-state index is -5.35. The van der Waals surface area contributed by atoms with Gasteiger partial charge in [-0.05, 0) is 24.3 Å². The van der Waals surface area contributed by atoms with Gasteiger partial charge < -0.3 is 20.1 Å². The number of carbonyl (C=O) groups is 2. The number of carbonyl (C=O) groups excluding carboxylic acids is 2. The van der Waals surface area contributed by atoms with Gasteiger partial charge in [0.1, 0.15) is 11.5 Å². The largest absolute Gasteiger partial charge is 0.495 e. The molecule has 0 aromatic heterocycles. The monoisotopic (exact) mass is 400 g/mol. The van der Waals surface area contributed by atoms with E-state index < -0.39 is 23.7 Å². The van der Waals surface area contributed by atoms with Crippen molar-refractivity contribution in [2.24, 2.45) is 0 Å². The first kappa shape index (κ1) is 21.0. The van der Waals surface area contributed by atoms with E-state index in [9.17, 15) is 27.2 Å². The van der Waals surface area contributed by atoms with E-state index in [1.54, 1.807) is 10.6 Å². The molecule has 0 aliphatic rings. The molecule has 2 rings (SSSR count). The van der Waals surface area contributed by atoms with Crippen LogP contribution in [0.25, 0.3) is 0 Å². The van der Waals surface area contributed by atoms with Gasteiger partial charge in [0, 0.05) is 0 Å². The Morgan fingerprint density at radius 2 is 1.04 bits per heavy atom. The minimum absolute atomic E-state index is 0.0200. The van der Waals surface area contributed by atoms with Gasteiger partial charge in [0.05, 0.1) is 25.6 Å². The number of rotatable bonds is 7. The lowest BCUT2D eigenvalue weighted by atomic mass is 10.1. The molecule has 28 heavy (non-hydrogen) atoms. The van der Waals surface area contributed by atoms with Crippen LogP contribution < -0.4 is 20.1 Å². The maximum Gasteiger partial charge on any atom is 0.396 e. The Labute approximate surface area is 157 Å². The molecule has 6 nitrogen and oxygen atoms in total. The fourth-order valence-electron chi connectivity index (χ4n) is 2.18. The van der Waals surface area contributed by atoms with E-state index in [0.29, 0.717) is 0 Å². The summed E-state index contributed by atoms with van der Waals surface area (Å²) in [6.45, 7) is 0. The number of hydrogen-bond donors (Lipinski definition) is 2. The minimum Gasteiger partial charge on any atom is -0.495 e. The molecule has 2 amide bonds. The van der Waals surface area contributed by atoms with E-state index in [1.165, 1.54) is 62.8 Å². The number of hydrogen-bond acceptors (Lipinski definition) is 4. The lowest BCUT2D eigenvalue weighted by Gasteiger charge is -2.25. The van der Waals surface area contributed by atoms with E-state index >= 15 is 0 Å². The summed E-state index contributed by atoms with van der Waals surface area (Å²) in [4.78, 5) is 23.7. The third kappa shape index (κ3) is 4.00. The average molecular weight is 400 g/mol. The van der Waals surface area contributed by atoms with Crippen LogP contribution in [0.1, 0.15) is 0 Å². The zero-order valence-corrected chi connectivity index (χ0v) is 14.8. The van der Waals surface area contributed by atoms with Crippen molar-refractivity contribution in [1.29, 1.82) is 0 Å². The van der Waals surface area contributed by atoms with Crippen molar-refractivity contribution in [3.05, 3.63) is 48.5 Å². The highest BCUT2D eigenvalue weighted by Crippen LogP contribution is 2.38. The quantitative estimate of drug-likeness (QED) is 0.697. The number of methoxy groups -OCH3 is 2. The third-order valence-corrected chi connectivity index (χ3v) is 3.68. The standard InChI is InChI=1S/C18H16F4N2O4/c1-27-13-9-5-3-7-11(13)23-15(25)17(19,20)18(21,22)16(26)24-12-8-4-6-10-14(12)28-2/h3-10H,1-2H3,(H,23,25)(H,24,26). The SMILES string of the molecule is COc1ccccc1NC(=O)C(F)(F)C(F)(F)C(=O)Nc1ccccc1OC. The summed E-state index contributed by atoms with van der Waals surface area (Å²) in [5, 5.41) is 3.30. The Morgan fingerprint density at radius 1 is 0.714 bits per heavy atom. The van der Waals surface area contributed by atoms with Crippen molar-refractivity contribution in [3.8, 4) is 11.5 Å². The predicted octanol–water partition coefficient (Wildman–Crippen LogP) is 3.55. The van der Waals surface area contributed by atoms with Crippen LogP contribution in [0.2, 0.25) is 0 Å². The smallest absolute Gasteiger partial charge is 0.396 e. The molecule has 0 aliphatic carbocycles. The molecule has 2 aromatic carbocycles. The summed E-state index contributed by atoms with van der Waals surface area (Å²) in [6, 6.07) is 10.8. The number of para-hydroxylation sites is 4. The molecule has 0 atom stereocenters. The fourth-order valence-corrected chi connectivity index (χ4v) is 2.18. The van der Waals surface area contributed by atoms with E-state index in [2.05, 4.69) is 0 Å². The van der Waals surface area contributed by atoms with Crippen LogP contribution in [0.15, 0.2) is 48.5 Å². The van der Waals surface area contributed by atoms with Gasteiger partial charge >= 0.3 is 23.7 Å². The average Bonchev–Trinajstić information content (AvgIpc) is 2.68. The predicted molar refractivity (Wildman–Crippen MR) is 93.1 cm³/mol. The molecule has 10 heteroatoms. The van der Waals surface area contributed by atoms with Crippen molar-refractivity contribution in [3.63, 3.8) is 0 Å². The first-order valence-corrected chi connectivity index (χ1v) is 7.79. The van der Waals surface area contributed by atoms with E-state index in [-0.39, 0.29) is 22.9 Å². The topological polar surface area (TPSA) is 76.7 Å². The molecule has 0 saturated carbocycles. The second-order valence-electron chi connectivity index (χ2n) is 5.46. The van der Waals surface area contributed by atoms with Crippen molar-refractivity contribution < 1.29 is 36.6 Å². The number of halogens is 4. The molecule has 2 aromatic rings. The van der Waals surface area contributed by atoms with E-state index in [4.69, 9.17) is 9.47 Å². The molecule has 0 unspecified atom stereocenters. The molecule has 0 radical (unpaired) electrons. The van der Waals surface area contributed by atoms with Crippen LogP contribution in [0.3, 0.4) is 0 Å². The van der Waals surface area contributed by atoms with Gasteiger partial charge in [-0.25, -0.2) is 0 Å². The highest BCUT2D eigenvalue weighted by Gasteiger charge is 2.67. The first-order chi connectivity index (χ1) is 13.1. The number of alkyl halides is 4. The summed E-state index contributed by atoms with van der Waals surface area (Å²) >= 11 is 0. The van der Waals surface area contributed by atoms with Crippen LogP contribution in [0.5, 0.6) is 11.5 Å². The molecular weight excluding hydrogens is 384 g/mol. The van der Waals surface area contributed by atoms with Crippen LogP contribution in [0, 0.1) is 0 Å². The summed E-state index contributed by atoms with van der Waals surface area (Å²) < 4.78 is 66.3. The van der Waals surface area contributed by atoms with Crippen LogP contribution in [0.4, 0.5) is 28.9 Å². The van der Waals surface area contributed by atoms with Crippen molar-refractivity contribution in [2.45, 2.75) is 11.8 Å². The molecule has 0 spiro atoms. The summed E-state index contributed by atoms with van der Waals surface area (Å²) in [5.41, 5.74) is -0.508. The molecule has 0 bridgehead atoms. The van der Waals surface area contributed by atoms with Gasteiger partial charge in [-0.15, -0.1) is 0 Å². The van der Waals surface area contributed by atoms with Gasteiger partial charge in [-0.2, -0.15) is 17.6 Å². The van der Waals surface area contributed by atoms with Gasteiger partial charge in [0.25, 0.3) is 0 Å². The lowest BCUT2D eigenvalue weighted by Crippen LogP contribution is -2.56. The number of benzene rings is 2. The molecule has 0 saturated heterocycles. The van der Waals surface area contributed by atoms with Gasteiger partial charge in [0.2, 0.25) is 0 Å². The Hall–Kier alpha value is -3.30. The normalized spacial score (nSPS) is 11.5. The van der Waals surface area contributed by atoms with Crippen molar-refractivity contribution >= 4 is 23.2 Å². The number of anilines is 2. The van der Waals surface area contributed by atoms with Crippen LogP contribution in [-0.2, 0) is 9.59 Å². The van der Waals surface area contributed by atoms with Crippen LogP contribution >= 0.6 is 0 Å². The molecule has 0 aliphatic heterocycles. The zero-order valence-electron chi connectivity index (χ0n) is 14.8. The molecule has 0 fully saturated rings. The van der Waals surface area contributed by atoms with Crippen molar-refractivity contribution in [2.75, 3.05) is 24.9 Å². The van der Waals surface area contributed by atoms with Gasteiger partial charge in [-0.1, -0.05) is 24.3 Å². The Kier molecular flexibility index (Phi) is 6.12. The highest BCUT2D eigenvalue weighted by molar-refractivity contribution is 6.06. The number of amides is 2. The Morgan fingerprint density at radius 3 is 1.36 bits per heavy atom. The molecule has 2 N–H and O–H groups in total.